The molecule has 3 nitrogen and oxygen atoms in total. The Bertz CT molecular complexity index is 733. The van der Waals surface area contributed by atoms with E-state index < -0.39 is 23.8 Å². The molecule has 1 atom stereocenters. The van der Waals surface area contributed by atoms with Crippen LogP contribution in [0.25, 0.3) is 0 Å². The molecule has 0 aliphatic rings. The second kappa shape index (κ2) is 7.32. The quantitative estimate of drug-likeness (QED) is 0.772. The van der Waals surface area contributed by atoms with Gasteiger partial charge in [0.05, 0.1) is 11.3 Å². The Balaban J connectivity index is 2.13. The molecule has 24 heavy (non-hydrogen) atoms. The molecule has 0 saturated carbocycles. The predicted molar refractivity (Wildman–Crippen MR) is 86.6 cm³/mol. The molecule has 0 heterocycles. The third-order valence-corrected chi connectivity index (χ3v) is 3.53. The molecule has 0 spiro atoms. The van der Waals surface area contributed by atoms with Gasteiger partial charge in [0.25, 0.3) is 5.91 Å². The van der Waals surface area contributed by atoms with Gasteiger partial charge < -0.3 is 10.1 Å². The molecule has 8 heteroatoms. The molecule has 0 bridgehead atoms. The smallest absolute Gasteiger partial charge is 0.418 e. The van der Waals surface area contributed by atoms with Crippen molar-refractivity contribution in [3.63, 3.8) is 0 Å². The lowest BCUT2D eigenvalue weighted by Gasteiger charge is -2.18. The molecule has 0 aliphatic heterocycles. The Morgan fingerprint density at radius 1 is 1.08 bits per heavy atom. The molecule has 0 unspecified atom stereocenters. The average molecular weight is 378 g/mol. The van der Waals surface area contributed by atoms with Gasteiger partial charge in [0, 0.05) is 10.0 Å². The van der Waals surface area contributed by atoms with Crippen LogP contribution in [0.1, 0.15) is 12.5 Å². The standard InChI is InChI=1S/C16H12Cl2F3NO2/c1-9(24-12-5-2-10(17)3-6-12)15(23)22-14-7-4-11(18)8-13(14)16(19,20)21/h2-9H,1H3,(H,22,23)/t9-/m0/s1. The summed E-state index contributed by atoms with van der Waals surface area (Å²) >= 11 is 11.3. The summed E-state index contributed by atoms with van der Waals surface area (Å²) in [5.41, 5.74) is -1.41. The van der Waals surface area contributed by atoms with Crippen molar-refractivity contribution in [2.24, 2.45) is 0 Å². The Labute approximate surface area is 146 Å². The molecule has 128 valence electrons. The van der Waals surface area contributed by atoms with E-state index in [9.17, 15) is 18.0 Å². The summed E-state index contributed by atoms with van der Waals surface area (Å²) in [4.78, 5) is 12.1. The lowest BCUT2D eigenvalue weighted by Crippen LogP contribution is -2.31. The first-order valence-electron chi connectivity index (χ1n) is 6.76. The molecule has 2 aromatic carbocycles. The monoisotopic (exact) mass is 377 g/mol. The number of amides is 1. The van der Waals surface area contributed by atoms with E-state index in [4.69, 9.17) is 27.9 Å². The van der Waals surface area contributed by atoms with Crippen LogP contribution in [-0.4, -0.2) is 12.0 Å². The molecular formula is C16H12Cl2F3NO2. The molecule has 0 aliphatic carbocycles. The molecule has 0 radical (unpaired) electrons. The Morgan fingerprint density at radius 2 is 1.67 bits per heavy atom. The van der Waals surface area contributed by atoms with Gasteiger partial charge >= 0.3 is 6.18 Å². The molecule has 2 aromatic rings. The van der Waals surface area contributed by atoms with Crippen LogP contribution in [0, 0.1) is 0 Å². The van der Waals surface area contributed by atoms with Crippen LogP contribution >= 0.6 is 23.2 Å². The zero-order chi connectivity index (χ0) is 17.9. The second-order valence-corrected chi connectivity index (χ2v) is 5.76. The van der Waals surface area contributed by atoms with E-state index in [0.717, 1.165) is 12.1 Å². The molecule has 0 saturated heterocycles. The number of alkyl halides is 3. The Hall–Kier alpha value is -1.92. The fourth-order valence-corrected chi connectivity index (χ4v) is 2.16. The molecule has 0 aromatic heterocycles. The second-order valence-electron chi connectivity index (χ2n) is 4.89. The van der Waals surface area contributed by atoms with Gasteiger partial charge in [-0.15, -0.1) is 0 Å². The number of halogens is 5. The number of rotatable bonds is 4. The minimum absolute atomic E-state index is 0.0780. The Morgan fingerprint density at radius 3 is 2.25 bits per heavy atom. The fraction of sp³-hybridized carbons (Fsp3) is 0.188. The highest BCUT2D eigenvalue weighted by molar-refractivity contribution is 6.31. The third-order valence-electron chi connectivity index (χ3n) is 3.04. The highest BCUT2D eigenvalue weighted by atomic mass is 35.5. The highest BCUT2D eigenvalue weighted by Gasteiger charge is 2.34. The predicted octanol–water partition coefficient (Wildman–Crippen LogP) is 5.42. The van der Waals surface area contributed by atoms with E-state index in [1.165, 1.54) is 13.0 Å². The van der Waals surface area contributed by atoms with Gasteiger partial charge in [-0.3, -0.25) is 4.79 Å². The van der Waals surface area contributed by atoms with E-state index in [0.29, 0.717) is 10.8 Å². The molecule has 1 amide bonds. The first-order valence-corrected chi connectivity index (χ1v) is 7.52. The summed E-state index contributed by atoms with van der Waals surface area (Å²) in [7, 11) is 0. The number of benzene rings is 2. The summed E-state index contributed by atoms with van der Waals surface area (Å²) < 4.78 is 44.4. The highest BCUT2D eigenvalue weighted by Crippen LogP contribution is 2.36. The lowest BCUT2D eigenvalue weighted by molar-refractivity contribution is -0.137. The van der Waals surface area contributed by atoms with Gasteiger partial charge in [-0.05, 0) is 49.4 Å². The van der Waals surface area contributed by atoms with Crippen molar-refractivity contribution in [3.8, 4) is 5.75 Å². The molecule has 1 N–H and O–H groups in total. The van der Waals surface area contributed by atoms with E-state index in [-0.39, 0.29) is 10.7 Å². The van der Waals surface area contributed by atoms with Gasteiger partial charge in [0.2, 0.25) is 0 Å². The van der Waals surface area contributed by atoms with Crippen LogP contribution in [0.5, 0.6) is 5.75 Å². The fourth-order valence-electron chi connectivity index (χ4n) is 1.87. The van der Waals surface area contributed by atoms with Crippen molar-refractivity contribution in [2.75, 3.05) is 5.32 Å². The maximum Gasteiger partial charge on any atom is 0.418 e. The minimum Gasteiger partial charge on any atom is -0.481 e. The van der Waals surface area contributed by atoms with Gasteiger partial charge in [-0.25, -0.2) is 0 Å². The zero-order valence-corrected chi connectivity index (χ0v) is 13.8. The van der Waals surface area contributed by atoms with Crippen LogP contribution < -0.4 is 10.1 Å². The average Bonchev–Trinajstić information content (AvgIpc) is 2.50. The van der Waals surface area contributed by atoms with Crippen molar-refractivity contribution in [3.05, 3.63) is 58.1 Å². The molecular weight excluding hydrogens is 366 g/mol. The van der Waals surface area contributed by atoms with E-state index in [2.05, 4.69) is 5.32 Å². The normalized spacial score (nSPS) is 12.6. The molecule has 2 rings (SSSR count). The maximum atomic E-state index is 13.0. The van der Waals surface area contributed by atoms with Crippen molar-refractivity contribution in [2.45, 2.75) is 19.2 Å². The summed E-state index contributed by atoms with van der Waals surface area (Å²) in [6.07, 6.45) is -5.66. The van der Waals surface area contributed by atoms with Crippen LogP contribution in [0.2, 0.25) is 10.0 Å². The number of anilines is 1. The van der Waals surface area contributed by atoms with Crippen LogP contribution in [0.15, 0.2) is 42.5 Å². The van der Waals surface area contributed by atoms with Gasteiger partial charge in [-0.1, -0.05) is 23.2 Å². The number of carbonyl (C=O) groups is 1. The summed E-state index contributed by atoms with van der Waals surface area (Å²) in [5, 5.41) is 2.62. The summed E-state index contributed by atoms with van der Waals surface area (Å²) in [6.45, 7) is 1.42. The number of hydrogen-bond donors (Lipinski definition) is 1. The van der Waals surface area contributed by atoms with Crippen LogP contribution in [-0.2, 0) is 11.0 Å². The maximum absolute atomic E-state index is 13.0. The first kappa shape index (κ1) is 18.4. The summed E-state index contributed by atoms with van der Waals surface area (Å²) in [6, 6.07) is 9.35. The van der Waals surface area contributed by atoms with Crippen LogP contribution in [0.4, 0.5) is 18.9 Å². The molecule has 0 fully saturated rings. The number of hydrogen-bond acceptors (Lipinski definition) is 2. The topological polar surface area (TPSA) is 38.3 Å². The Kier molecular flexibility index (Phi) is 5.62. The van der Waals surface area contributed by atoms with Gasteiger partial charge in [0.1, 0.15) is 5.75 Å². The van der Waals surface area contributed by atoms with Gasteiger partial charge in [0.15, 0.2) is 6.10 Å². The SMILES string of the molecule is C[C@H](Oc1ccc(Cl)cc1)C(=O)Nc1ccc(Cl)cc1C(F)(F)F. The van der Waals surface area contributed by atoms with Crippen LogP contribution in [0.3, 0.4) is 0 Å². The number of nitrogens with one attached hydrogen (secondary N) is 1. The van der Waals surface area contributed by atoms with E-state index in [1.54, 1.807) is 24.3 Å². The van der Waals surface area contributed by atoms with Gasteiger partial charge in [-0.2, -0.15) is 13.2 Å². The summed E-state index contributed by atoms with van der Waals surface area (Å²) in [5.74, 6) is -0.355. The van der Waals surface area contributed by atoms with Crippen molar-refractivity contribution in [1.29, 1.82) is 0 Å². The van der Waals surface area contributed by atoms with Crippen molar-refractivity contribution >= 4 is 34.8 Å². The van der Waals surface area contributed by atoms with E-state index >= 15 is 0 Å². The first-order chi connectivity index (χ1) is 11.2. The largest absolute Gasteiger partial charge is 0.481 e. The number of carbonyl (C=O) groups excluding carboxylic acids is 1. The lowest BCUT2D eigenvalue weighted by atomic mass is 10.1. The van der Waals surface area contributed by atoms with Crippen molar-refractivity contribution in [1.82, 2.24) is 0 Å². The number of ether oxygens (including phenoxy) is 1. The minimum atomic E-state index is -4.65. The van der Waals surface area contributed by atoms with E-state index in [1.807, 2.05) is 0 Å². The third kappa shape index (κ3) is 4.79. The van der Waals surface area contributed by atoms with Crippen molar-refractivity contribution < 1.29 is 22.7 Å². The zero-order valence-electron chi connectivity index (χ0n) is 12.3.